The second-order valence-electron chi connectivity index (χ2n) is 6.74. The highest BCUT2D eigenvalue weighted by atomic mass is 32.1. The van der Waals surface area contributed by atoms with E-state index < -0.39 is 22.8 Å². The maximum absolute atomic E-state index is 12.8. The lowest BCUT2D eigenvalue weighted by atomic mass is 10.1. The Labute approximate surface area is 185 Å². The summed E-state index contributed by atoms with van der Waals surface area (Å²) in [6.07, 6.45) is 0. The number of azo groups is 1. The smallest absolute Gasteiger partial charge is 0.282 e. The lowest BCUT2D eigenvalue weighted by molar-refractivity contribution is -0.384. The Kier molecular flexibility index (Phi) is 5.52. The maximum Gasteiger partial charge on any atom is 0.282 e. The Balaban J connectivity index is 1.52. The van der Waals surface area contributed by atoms with Crippen molar-refractivity contribution in [1.29, 1.82) is 0 Å². The van der Waals surface area contributed by atoms with Crippen LogP contribution in [0.3, 0.4) is 0 Å². The Morgan fingerprint density at radius 1 is 1.25 bits per heavy atom. The molecule has 2 aromatic carbocycles. The number of hydrogen-bond donors (Lipinski definition) is 1. The summed E-state index contributed by atoms with van der Waals surface area (Å²) in [5.74, 6) is -0.967. The lowest BCUT2D eigenvalue weighted by Crippen LogP contribution is -2.29. The number of primary amides is 1. The van der Waals surface area contributed by atoms with E-state index in [1.165, 1.54) is 35.6 Å². The number of nitro groups is 1. The van der Waals surface area contributed by atoms with Crippen LogP contribution >= 0.6 is 11.3 Å². The molecule has 0 radical (unpaired) electrons. The number of nitrogens with zero attached hydrogens (tertiary/aromatic N) is 6. The zero-order valence-corrected chi connectivity index (χ0v) is 17.4. The van der Waals surface area contributed by atoms with Gasteiger partial charge in [-0.05, 0) is 31.2 Å². The van der Waals surface area contributed by atoms with Gasteiger partial charge < -0.3 is 5.73 Å². The number of carbonyl (C=O) groups is 2. The van der Waals surface area contributed by atoms with E-state index in [2.05, 4.69) is 20.3 Å². The predicted molar refractivity (Wildman–Crippen MR) is 118 cm³/mol. The molecule has 12 heteroatoms. The number of hydrazone groups is 1. The Morgan fingerprint density at radius 3 is 2.69 bits per heavy atom. The van der Waals surface area contributed by atoms with E-state index in [0.29, 0.717) is 33.4 Å². The van der Waals surface area contributed by atoms with Crippen molar-refractivity contribution in [2.45, 2.75) is 13.0 Å². The third-order valence-electron chi connectivity index (χ3n) is 4.56. The highest BCUT2D eigenvalue weighted by Gasteiger charge is 2.36. The third kappa shape index (κ3) is 4.11. The van der Waals surface area contributed by atoms with Crippen LogP contribution in [0.5, 0.6) is 0 Å². The standard InChI is InChI=1S/C20H15N7O4S/c1-11-17(24-23-14-7-5-12(6-8-14)18(21)28)19(29)26(25-11)20-22-16(10-32-20)13-3-2-4-15(9-13)27(30)31/h2-10,17H,1H3,(H2,21,28)/t17-/m1/s1. The molecule has 2 N–H and O–H groups in total. The van der Waals surface area contributed by atoms with Crippen LogP contribution in [-0.2, 0) is 4.79 Å². The molecular weight excluding hydrogens is 434 g/mol. The molecule has 160 valence electrons. The summed E-state index contributed by atoms with van der Waals surface area (Å²) in [7, 11) is 0. The minimum absolute atomic E-state index is 0.0486. The van der Waals surface area contributed by atoms with Crippen molar-refractivity contribution in [3.05, 3.63) is 69.6 Å². The van der Waals surface area contributed by atoms with Gasteiger partial charge >= 0.3 is 0 Å². The fraction of sp³-hybridized carbons (Fsp3) is 0.100. The summed E-state index contributed by atoms with van der Waals surface area (Å²) in [6, 6.07) is 11.4. The van der Waals surface area contributed by atoms with E-state index in [1.807, 2.05) is 0 Å². The number of aromatic nitrogens is 1. The summed E-state index contributed by atoms with van der Waals surface area (Å²) < 4.78 is 0. The van der Waals surface area contributed by atoms with Crippen molar-refractivity contribution in [2.75, 3.05) is 5.01 Å². The SMILES string of the molecule is CC1=NN(c2nc(-c3cccc([N+](=O)[O-])c3)cs2)C(=O)[C@@H]1N=Nc1ccc(C(N)=O)cc1. The molecule has 3 aromatic rings. The van der Waals surface area contributed by atoms with Crippen LogP contribution in [0.25, 0.3) is 11.3 Å². The highest BCUT2D eigenvalue weighted by molar-refractivity contribution is 7.14. The molecule has 0 saturated carbocycles. The number of carbonyl (C=O) groups excluding carboxylic acids is 2. The number of benzene rings is 2. The van der Waals surface area contributed by atoms with Crippen molar-refractivity contribution < 1.29 is 14.5 Å². The van der Waals surface area contributed by atoms with Crippen LogP contribution in [0, 0.1) is 10.1 Å². The fourth-order valence-corrected chi connectivity index (χ4v) is 3.70. The summed E-state index contributed by atoms with van der Waals surface area (Å²) in [5.41, 5.74) is 7.46. The zero-order chi connectivity index (χ0) is 22.8. The minimum Gasteiger partial charge on any atom is -0.366 e. The van der Waals surface area contributed by atoms with Crippen molar-refractivity contribution >= 4 is 45.4 Å². The number of non-ortho nitro benzene ring substituents is 1. The van der Waals surface area contributed by atoms with E-state index in [4.69, 9.17) is 5.73 Å². The van der Waals surface area contributed by atoms with Crippen molar-refractivity contribution in [3.8, 4) is 11.3 Å². The van der Waals surface area contributed by atoms with E-state index in [0.717, 1.165) is 5.01 Å². The molecule has 1 aromatic heterocycles. The molecule has 0 saturated heterocycles. The normalized spacial score (nSPS) is 15.9. The first-order chi connectivity index (χ1) is 15.3. The van der Waals surface area contributed by atoms with Gasteiger partial charge in [-0.1, -0.05) is 12.1 Å². The Morgan fingerprint density at radius 2 is 2.00 bits per heavy atom. The Hall–Kier alpha value is -4.32. The van der Waals surface area contributed by atoms with E-state index in [1.54, 1.807) is 36.6 Å². The molecule has 1 aliphatic heterocycles. The van der Waals surface area contributed by atoms with Gasteiger partial charge in [0.1, 0.15) is 0 Å². The number of nitrogens with two attached hydrogens (primary N) is 1. The van der Waals surface area contributed by atoms with Gasteiger partial charge in [-0.3, -0.25) is 19.7 Å². The third-order valence-corrected chi connectivity index (χ3v) is 5.38. The molecule has 11 nitrogen and oxygen atoms in total. The number of hydrogen-bond acceptors (Lipinski definition) is 9. The molecule has 32 heavy (non-hydrogen) atoms. The van der Waals surface area contributed by atoms with Crippen LogP contribution < -0.4 is 10.7 Å². The number of thiazole rings is 1. The van der Waals surface area contributed by atoms with Gasteiger partial charge in [0, 0.05) is 28.6 Å². The molecular formula is C20H15N7O4S. The van der Waals surface area contributed by atoms with Gasteiger partial charge in [-0.15, -0.1) is 11.3 Å². The van der Waals surface area contributed by atoms with E-state index in [9.17, 15) is 19.7 Å². The maximum atomic E-state index is 12.8. The van der Waals surface area contributed by atoms with Crippen LogP contribution in [0.4, 0.5) is 16.5 Å². The predicted octanol–water partition coefficient (Wildman–Crippen LogP) is 3.69. The average molecular weight is 449 g/mol. The van der Waals surface area contributed by atoms with Gasteiger partial charge in [0.05, 0.1) is 22.0 Å². The minimum atomic E-state index is -0.907. The number of anilines is 1. The second kappa shape index (κ2) is 8.43. The zero-order valence-electron chi connectivity index (χ0n) is 16.6. The fourth-order valence-electron chi connectivity index (χ4n) is 2.92. The van der Waals surface area contributed by atoms with Crippen molar-refractivity contribution in [1.82, 2.24) is 4.98 Å². The molecule has 0 spiro atoms. The largest absolute Gasteiger partial charge is 0.366 e. The molecule has 1 atom stereocenters. The monoisotopic (exact) mass is 449 g/mol. The van der Waals surface area contributed by atoms with Crippen LogP contribution in [0.15, 0.2) is 69.2 Å². The van der Waals surface area contributed by atoms with Gasteiger partial charge in [0.15, 0.2) is 6.04 Å². The molecule has 0 bridgehead atoms. The summed E-state index contributed by atoms with van der Waals surface area (Å²) >= 11 is 1.18. The Bertz CT molecular complexity index is 1280. The first-order valence-corrected chi connectivity index (χ1v) is 10.1. The molecule has 4 rings (SSSR count). The van der Waals surface area contributed by atoms with Gasteiger partial charge in [-0.25, -0.2) is 4.98 Å². The molecule has 2 heterocycles. The number of amides is 2. The van der Waals surface area contributed by atoms with E-state index >= 15 is 0 Å². The average Bonchev–Trinajstić information content (AvgIpc) is 3.37. The summed E-state index contributed by atoms with van der Waals surface area (Å²) in [6.45, 7) is 1.66. The molecule has 0 aliphatic carbocycles. The van der Waals surface area contributed by atoms with Crippen molar-refractivity contribution in [2.24, 2.45) is 21.1 Å². The van der Waals surface area contributed by atoms with Crippen molar-refractivity contribution in [3.63, 3.8) is 0 Å². The topological polar surface area (TPSA) is 157 Å². The number of rotatable bonds is 6. The first-order valence-electron chi connectivity index (χ1n) is 9.23. The quantitative estimate of drug-likeness (QED) is 0.345. The van der Waals surface area contributed by atoms with Crippen LogP contribution in [0.2, 0.25) is 0 Å². The molecule has 0 unspecified atom stereocenters. The lowest BCUT2D eigenvalue weighted by Gasteiger charge is -2.08. The van der Waals surface area contributed by atoms with E-state index in [-0.39, 0.29) is 5.69 Å². The molecule has 1 aliphatic rings. The summed E-state index contributed by atoms with van der Waals surface area (Å²) in [5, 5.41) is 26.6. The van der Waals surface area contributed by atoms with Crippen LogP contribution in [-0.4, -0.2) is 33.5 Å². The van der Waals surface area contributed by atoms with Gasteiger partial charge in [0.25, 0.3) is 11.6 Å². The van der Waals surface area contributed by atoms with Gasteiger partial charge in [0.2, 0.25) is 11.0 Å². The summed E-state index contributed by atoms with van der Waals surface area (Å²) in [4.78, 5) is 38.9. The highest BCUT2D eigenvalue weighted by Crippen LogP contribution is 2.32. The van der Waals surface area contributed by atoms with Gasteiger partial charge in [-0.2, -0.15) is 20.3 Å². The molecule has 0 fully saturated rings. The number of nitro benzene ring substituents is 1. The van der Waals surface area contributed by atoms with Crippen LogP contribution in [0.1, 0.15) is 17.3 Å². The first kappa shape index (κ1) is 20.9. The second-order valence-corrected chi connectivity index (χ2v) is 7.58. The molecule has 2 amide bonds.